The van der Waals surface area contributed by atoms with Crippen molar-refractivity contribution in [3.05, 3.63) is 132 Å². The number of benzene rings is 4. The van der Waals surface area contributed by atoms with E-state index in [1.807, 2.05) is 78.9 Å². The van der Waals surface area contributed by atoms with Crippen LogP contribution in [0.4, 0.5) is 0 Å². The quantitative estimate of drug-likeness (QED) is 0.0960. The lowest BCUT2D eigenvalue weighted by molar-refractivity contribution is -0.130. The number of nitrogens with zero attached hydrogens (tertiary/aromatic N) is 1. The monoisotopic (exact) mass is 773 g/mol. The smallest absolute Gasteiger partial charge is 0.266 e. The summed E-state index contributed by atoms with van der Waals surface area (Å²) in [6.07, 6.45) is 0.601. The lowest BCUT2D eigenvalue weighted by Crippen LogP contribution is -2.54. The number of aliphatic hydroxyl groups is 1. The van der Waals surface area contributed by atoms with Crippen LogP contribution in [0.1, 0.15) is 34.8 Å². The largest absolute Gasteiger partial charge is 0.494 e. The molecule has 0 saturated carbocycles. The van der Waals surface area contributed by atoms with Gasteiger partial charge in [-0.1, -0.05) is 97.5 Å². The van der Waals surface area contributed by atoms with Crippen molar-refractivity contribution in [2.45, 2.75) is 30.9 Å². The fraction of sp³-hybridized carbons (Fsp3) is 0.235. The van der Waals surface area contributed by atoms with E-state index in [0.717, 1.165) is 25.6 Å². The standard InChI is InChI=1S/C34H31Br2Cl2N3O4/c35-28-8-3-1-6-24(28)21-34(33(43)41-39-17-16-22-10-13-25(37)20-30(22)38)31(27-7-2-4-9-29(27)36)45-32(40-34)23-11-14-26(15-12-23)44-19-5-18-42/h1-4,6-15,20,31,39,42H,5,16-19,21H2,(H,41,43)/t31-,34-/m0/s1. The van der Waals surface area contributed by atoms with E-state index in [1.54, 1.807) is 12.1 Å². The van der Waals surface area contributed by atoms with Gasteiger partial charge in [0, 0.05) is 56.1 Å². The molecule has 1 heterocycles. The highest BCUT2D eigenvalue weighted by molar-refractivity contribution is 9.10. The van der Waals surface area contributed by atoms with Gasteiger partial charge >= 0.3 is 0 Å². The second-order valence-corrected chi connectivity index (χ2v) is 13.0. The molecule has 45 heavy (non-hydrogen) atoms. The van der Waals surface area contributed by atoms with Crippen molar-refractivity contribution >= 4 is 66.9 Å². The lowest BCUT2D eigenvalue weighted by atomic mass is 9.82. The number of aliphatic hydroxyl groups excluding tert-OH is 1. The number of hydrazine groups is 1. The Labute approximate surface area is 289 Å². The lowest BCUT2D eigenvalue weighted by Gasteiger charge is -2.31. The van der Waals surface area contributed by atoms with Gasteiger partial charge in [0.1, 0.15) is 5.75 Å². The van der Waals surface area contributed by atoms with E-state index in [0.29, 0.717) is 53.2 Å². The molecule has 4 aromatic rings. The number of hydrogen-bond acceptors (Lipinski definition) is 6. The third-order valence-corrected chi connectivity index (χ3v) is 9.45. The molecule has 2 atom stereocenters. The molecule has 0 unspecified atom stereocenters. The highest BCUT2D eigenvalue weighted by atomic mass is 79.9. The minimum absolute atomic E-state index is 0.0601. The molecule has 0 spiro atoms. The molecule has 1 aliphatic rings. The summed E-state index contributed by atoms with van der Waals surface area (Å²) < 4.78 is 14.0. The zero-order valence-electron chi connectivity index (χ0n) is 24.1. The topological polar surface area (TPSA) is 92.2 Å². The van der Waals surface area contributed by atoms with Gasteiger partial charge in [0.15, 0.2) is 11.6 Å². The predicted octanol–water partition coefficient (Wildman–Crippen LogP) is 7.64. The van der Waals surface area contributed by atoms with E-state index in [4.69, 9.17) is 42.8 Å². The summed E-state index contributed by atoms with van der Waals surface area (Å²) in [5.41, 5.74) is 7.91. The maximum atomic E-state index is 14.4. The van der Waals surface area contributed by atoms with Gasteiger partial charge in [-0.25, -0.2) is 10.4 Å². The molecule has 0 fully saturated rings. The van der Waals surface area contributed by atoms with E-state index in [2.05, 4.69) is 42.7 Å². The number of aliphatic imine (C=N–C) groups is 1. The Hall–Kier alpha value is -2.92. The minimum atomic E-state index is -1.38. The molecule has 4 aromatic carbocycles. The summed E-state index contributed by atoms with van der Waals surface area (Å²) in [5, 5.41) is 10.2. The summed E-state index contributed by atoms with van der Waals surface area (Å²) in [6, 6.07) is 28.2. The molecule has 5 rings (SSSR count). The Morgan fingerprint density at radius 2 is 1.69 bits per heavy atom. The van der Waals surface area contributed by atoms with Crippen LogP contribution >= 0.6 is 55.1 Å². The Balaban J connectivity index is 1.49. The Bertz CT molecular complexity index is 1670. The molecule has 7 nitrogen and oxygen atoms in total. The van der Waals surface area contributed by atoms with E-state index < -0.39 is 11.6 Å². The van der Waals surface area contributed by atoms with Crippen LogP contribution in [0.5, 0.6) is 5.75 Å². The van der Waals surface area contributed by atoms with Crippen molar-refractivity contribution in [2.24, 2.45) is 4.99 Å². The molecule has 234 valence electrons. The molecule has 1 aliphatic heterocycles. The fourth-order valence-corrected chi connectivity index (χ4v) is 6.47. The number of amides is 1. The average Bonchev–Trinajstić information content (AvgIpc) is 3.42. The van der Waals surface area contributed by atoms with Gasteiger partial charge in [-0.2, -0.15) is 0 Å². The van der Waals surface area contributed by atoms with Gasteiger partial charge in [-0.05, 0) is 66.1 Å². The summed E-state index contributed by atoms with van der Waals surface area (Å²) >= 11 is 19.8. The molecule has 0 radical (unpaired) electrons. The first-order valence-electron chi connectivity index (χ1n) is 14.4. The van der Waals surface area contributed by atoms with Crippen molar-refractivity contribution in [1.29, 1.82) is 0 Å². The maximum Gasteiger partial charge on any atom is 0.266 e. The SMILES string of the molecule is O=C(NNCCc1ccc(Cl)cc1Cl)[C@@]1(Cc2ccccc2Br)N=C(c2ccc(OCCCO)cc2)O[C@H]1c1ccccc1Br. The zero-order chi connectivity index (χ0) is 31.8. The third kappa shape index (κ3) is 8.09. The number of rotatable bonds is 13. The van der Waals surface area contributed by atoms with Gasteiger partial charge < -0.3 is 14.6 Å². The molecular weight excluding hydrogens is 745 g/mol. The third-order valence-electron chi connectivity index (χ3n) is 7.37. The first-order chi connectivity index (χ1) is 21.8. The molecule has 11 heteroatoms. The summed E-state index contributed by atoms with van der Waals surface area (Å²) in [6.45, 7) is 0.890. The van der Waals surface area contributed by atoms with Crippen molar-refractivity contribution in [2.75, 3.05) is 19.8 Å². The first kappa shape index (κ1) is 33.4. The van der Waals surface area contributed by atoms with E-state index in [1.165, 1.54) is 0 Å². The van der Waals surface area contributed by atoms with Crippen LogP contribution < -0.4 is 15.6 Å². The highest BCUT2D eigenvalue weighted by Gasteiger charge is 2.54. The first-order valence-corrected chi connectivity index (χ1v) is 16.7. The molecule has 0 bridgehead atoms. The summed E-state index contributed by atoms with van der Waals surface area (Å²) in [4.78, 5) is 19.5. The Morgan fingerprint density at radius 1 is 0.956 bits per heavy atom. The predicted molar refractivity (Wildman–Crippen MR) is 185 cm³/mol. The second-order valence-electron chi connectivity index (χ2n) is 10.4. The number of ether oxygens (including phenoxy) is 2. The second kappa shape index (κ2) is 15.6. The number of carbonyl (C=O) groups excluding carboxylic acids is 1. The molecule has 1 amide bonds. The number of carbonyl (C=O) groups is 1. The van der Waals surface area contributed by atoms with Gasteiger partial charge in [-0.15, -0.1) is 0 Å². The average molecular weight is 776 g/mol. The van der Waals surface area contributed by atoms with Crippen molar-refractivity contribution in [3.63, 3.8) is 0 Å². The number of hydrogen-bond donors (Lipinski definition) is 3. The fourth-order valence-electron chi connectivity index (χ4n) is 5.05. The Morgan fingerprint density at radius 3 is 2.40 bits per heavy atom. The van der Waals surface area contributed by atoms with Gasteiger partial charge in [0.05, 0.1) is 6.61 Å². The minimum Gasteiger partial charge on any atom is -0.494 e. The van der Waals surface area contributed by atoms with Gasteiger partial charge in [0.25, 0.3) is 5.91 Å². The Kier molecular flexibility index (Phi) is 11.6. The van der Waals surface area contributed by atoms with Crippen LogP contribution in [0.25, 0.3) is 0 Å². The van der Waals surface area contributed by atoms with Crippen LogP contribution in [-0.4, -0.2) is 42.2 Å². The molecule has 0 aliphatic carbocycles. The molecular formula is C34H31Br2Cl2N3O4. The van der Waals surface area contributed by atoms with Crippen LogP contribution in [0.2, 0.25) is 10.0 Å². The summed E-state index contributed by atoms with van der Waals surface area (Å²) in [7, 11) is 0. The number of nitrogens with one attached hydrogen (secondary N) is 2. The summed E-state index contributed by atoms with van der Waals surface area (Å²) in [5.74, 6) is 0.656. The van der Waals surface area contributed by atoms with Crippen LogP contribution in [0.15, 0.2) is 105 Å². The van der Waals surface area contributed by atoms with Crippen LogP contribution in [0, 0.1) is 0 Å². The van der Waals surface area contributed by atoms with Gasteiger partial charge in [-0.3, -0.25) is 10.2 Å². The number of halogens is 4. The molecule has 0 aromatic heterocycles. The van der Waals surface area contributed by atoms with E-state index in [-0.39, 0.29) is 18.9 Å². The van der Waals surface area contributed by atoms with Crippen LogP contribution in [-0.2, 0) is 22.4 Å². The van der Waals surface area contributed by atoms with Crippen molar-refractivity contribution in [3.8, 4) is 5.75 Å². The van der Waals surface area contributed by atoms with Crippen molar-refractivity contribution in [1.82, 2.24) is 10.9 Å². The normalized spacial score (nSPS) is 17.4. The maximum absolute atomic E-state index is 14.4. The molecule has 3 N–H and O–H groups in total. The zero-order valence-corrected chi connectivity index (χ0v) is 28.8. The van der Waals surface area contributed by atoms with Crippen LogP contribution in [0.3, 0.4) is 0 Å². The van der Waals surface area contributed by atoms with E-state index >= 15 is 0 Å². The highest BCUT2D eigenvalue weighted by Crippen LogP contribution is 2.45. The molecule has 0 saturated heterocycles. The van der Waals surface area contributed by atoms with Crippen molar-refractivity contribution < 1.29 is 19.4 Å². The van der Waals surface area contributed by atoms with E-state index in [9.17, 15) is 4.79 Å². The van der Waals surface area contributed by atoms with Gasteiger partial charge in [0.2, 0.25) is 5.90 Å².